The minimum Gasteiger partial charge on any atom is -0.396 e. The summed E-state index contributed by atoms with van der Waals surface area (Å²) in [6, 6.07) is 0. The normalized spacial score (nSPS) is 16.7. The number of aliphatic hydroxyl groups excluding tert-OH is 3. The Balaban J connectivity index is 4.14. The first-order valence-corrected chi connectivity index (χ1v) is 5.03. The predicted octanol–water partition coefficient (Wildman–Crippen LogP) is -0.272. The van der Waals surface area contributed by atoms with Gasteiger partial charge in [0.15, 0.2) is 0 Å². The summed E-state index contributed by atoms with van der Waals surface area (Å²) >= 11 is 0. The van der Waals surface area contributed by atoms with Crippen molar-refractivity contribution >= 4 is 0 Å². The van der Waals surface area contributed by atoms with Crippen LogP contribution in [0.1, 0.15) is 27.2 Å². The van der Waals surface area contributed by atoms with Gasteiger partial charge in [-0.2, -0.15) is 0 Å². The molecular formula is C10H23NO3. The smallest absolute Gasteiger partial charge is 0.0610 e. The van der Waals surface area contributed by atoms with Gasteiger partial charge in [-0.05, 0) is 13.3 Å². The Labute approximate surface area is 86.0 Å². The zero-order valence-electron chi connectivity index (χ0n) is 9.38. The molecule has 1 atom stereocenters. The largest absolute Gasteiger partial charge is 0.396 e. The highest BCUT2D eigenvalue weighted by molar-refractivity contribution is 4.85. The van der Waals surface area contributed by atoms with Gasteiger partial charge in [0.05, 0.1) is 19.8 Å². The van der Waals surface area contributed by atoms with Gasteiger partial charge < -0.3 is 20.6 Å². The van der Waals surface area contributed by atoms with Crippen molar-refractivity contribution in [2.75, 3.05) is 26.4 Å². The molecule has 0 aromatic heterocycles. The lowest BCUT2D eigenvalue weighted by Gasteiger charge is -2.33. The lowest BCUT2D eigenvalue weighted by atomic mass is 9.90. The Bertz CT molecular complexity index is 135. The van der Waals surface area contributed by atoms with Crippen LogP contribution in [0.3, 0.4) is 0 Å². The maximum Gasteiger partial charge on any atom is 0.0610 e. The Morgan fingerprint density at radius 3 is 1.79 bits per heavy atom. The standard InChI is InChI=1S/C10H23NO3/c1-4-10(3,8-14)11-5-9(2,6-12)7-13/h11-14H,4-8H2,1-3H3. The van der Waals surface area contributed by atoms with E-state index in [-0.39, 0.29) is 25.4 Å². The molecule has 0 rings (SSSR count). The molecule has 4 N–H and O–H groups in total. The van der Waals surface area contributed by atoms with Crippen molar-refractivity contribution in [2.45, 2.75) is 32.7 Å². The molecule has 0 bridgehead atoms. The Morgan fingerprint density at radius 1 is 1.00 bits per heavy atom. The summed E-state index contributed by atoms with van der Waals surface area (Å²) in [6.45, 7) is 6.11. The van der Waals surface area contributed by atoms with Crippen LogP contribution in [0.5, 0.6) is 0 Å². The maximum atomic E-state index is 9.14. The number of hydrogen-bond donors (Lipinski definition) is 4. The SMILES string of the molecule is CCC(C)(CO)NCC(C)(CO)CO. The van der Waals surface area contributed by atoms with Crippen molar-refractivity contribution < 1.29 is 15.3 Å². The zero-order chi connectivity index (χ0) is 11.2. The molecule has 86 valence electrons. The van der Waals surface area contributed by atoms with Gasteiger partial charge in [0.2, 0.25) is 0 Å². The summed E-state index contributed by atoms with van der Waals surface area (Å²) in [5.74, 6) is 0. The monoisotopic (exact) mass is 205 g/mol. The quantitative estimate of drug-likeness (QED) is 0.461. The fraction of sp³-hybridized carbons (Fsp3) is 1.00. The van der Waals surface area contributed by atoms with Crippen LogP contribution in [-0.2, 0) is 0 Å². The topological polar surface area (TPSA) is 72.7 Å². The summed E-state index contributed by atoms with van der Waals surface area (Å²) in [6.07, 6.45) is 0.802. The molecule has 0 aliphatic rings. The molecule has 14 heavy (non-hydrogen) atoms. The van der Waals surface area contributed by atoms with Crippen LogP contribution >= 0.6 is 0 Å². The van der Waals surface area contributed by atoms with Crippen molar-refractivity contribution in [3.63, 3.8) is 0 Å². The molecule has 0 aromatic rings. The lowest BCUT2D eigenvalue weighted by molar-refractivity contribution is 0.0553. The first kappa shape index (κ1) is 13.8. The molecule has 0 spiro atoms. The Kier molecular flexibility index (Phi) is 5.59. The molecular weight excluding hydrogens is 182 g/mol. The minimum absolute atomic E-state index is 0.0520. The zero-order valence-corrected chi connectivity index (χ0v) is 9.38. The lowest BCUT2D eigenvalue weighted by Crippen LogP contribution is -2.51. The molecule has 0 amide bonds. The van der Waals surface area contributed by atoms with Gasteiger partial charge in [0, 0.05) is 17.5 Å². The third kappa shape index (κ3) is 3.92. The molecule has 4 nitrogen and oxygen atoms in total. The molecule has 0 radical (unpaired) electrons. The predicted molar refractivity (Wildman–Crippen MR) is 56.1 cm³/mol. The molecule has 0 heterocycles. The van der Waals surface area contributed by atoms with E-state index >= 15 is 0 Å². The second kappa shape index (κ2) is 5.66. The molecule has 0 fully saturated rings. The van der Waals surface area contributed by atoms with Crippen molar-refractivity contribution in [1.29, 1.82) is 0 Å². The van der Waals surface area contributed by atoms with Crippen LogP contribution in [0.15, 0.2) is 0 Å². The van der Waals surface area contributed by atoms with Crippen molar-refractivity contribution in [1.82, 2.24) is 5.32 Å². The molecule has 0 aliphatic carbocycles. The van der Waals surface area contributed by atoms with Gasteiger partial charge in [0.1, 0.15) is 0 Å². The highest BCUT2D eigenvalue weighted by atomic mass is 16.3. The number of hydrogen-bond acceptors (Lipinski definition) is 4. The fourth-order valence-corrected chi connectivity index (χ4v) is 0.881. The van der Waals surface area contributed by atoms with Crippen molar-refractivity contribution in [3.8, 4) is 0 Å². The van der Waals surface area contributed by atoms with Crippen molar-refractivity contribution in [2.24, 2.45) is 5.41 Å². The second-order valence-corrected chi connectivity index (χ2v) is 4.55. The van der Waals surface area contributed by atoms with E-state index in [0.717, 1.165) is 6.42 Å². The summed E-state index contributed by atoms with van der Waals surface area (Å²) < 4.78 is 0. The molecule has 4 heteroatoms. The van der Waals surface area contributed by atoms with Crippen LogP contribution in [0.25, 0.3) is 0 Å². The van der Waals surface area contributed by atoms with E-state index in [2.05, 4.69) is 5.32 Å². The number of nitrogens with one attached hydrogen (secondary N) is 1. The first-order chi connectivity index (χ1) is 6.45. The van der Waals surface area contributed by atoms with Crippen LogP contribution in [0, 0.1) is 5.41 Å². The van der Waals surface area contributed by atoms with Crippen molar-refractivity contribution in [3.05, 3.63) is 0 Å². The highest BCUT2D eigenvalue weighted by Gasteiger charge is 2.27. The third-order valence-corrected chi connectivity index (χ3v) is 2.83. The van der Waals surface area contributed by atoms with E-state index in [9.17, 15) is 0 Å². The highest BCUT2D eigenvalue weighted by Crippen LogP contribution is 2.16. The van der Waals surface area contributed by atoms with Gasteiger partial charge >= 0.3 is 0 Å². The van der Waals surface area contributed by atoms with Crippen LogP contribution in [0.2, 0.25) is 0 Å². The summed E-state index contributed by atoms with van der Waals surface area (Å²) in [7, 11) is 0. The van der Waals surface area contributed by atoms with Gasteiger partial charge in [0.25, 0.3) is 0 Å². The van der Waals surface area contributed by atoms with Crippen LogP contribution < -0.4 is 5.32 Å². The number of rotatable bonds is 7. The molecule has 0 aliphatic heterocycles. The minimum atomic E-state index is -0.522. The maximum absolute atomic E-state index is 9.14. The number of aliphatic hydroxyl groups is 3. The van der Waals surface area contributed by atoms with E-state index in [1.54, 1.807) is 6.92 Å². The molecule has 1 unspecified atom stereocenters. The first-order valence-electron chi connectivity index (χ1n) is 5.03. The average molecular weight is 205 g/mol. The summed E-state index contributed by atoms with van der Waals surface area (Å²) in [4.78, 5) is 0. The Morgan fingerprint density at radius 2 is 1.50 bits per heavy atom. The van der Waals surface area contributed by atoms with Crippen LogP contribution in [-0.4, -0.2) is 47.2 Å². The fourth-order valence-electron chi connectivity index (χ4n) is 0.881. The van der Waals surface area contributed by atoms with Gasteiger partial charge in [-0.15, -0.1) is 0 Å². The summed E-state index contributed by atoms with van der Waals surface area (Å²) in [5.41, 5.74) is -0.850. The summed E-state index contributed by atoms with van der Waals surface area (Å²) in [5, 5.41) is 30.4. The van der Waals surface area contributed by atoms with E-state index in [0.29, 0.717) is 6.54 Å². The molecule has 0 aromatic carbocycles. The molecule has 0 saturated carbocycles. The van der Waals surface area contributed by atoms with Gasteiger partial charge in [-0.25, -0.2) is 0 Å². The average Bonchev–Trinajstić information content (AvgIpc) is 2.25. The van der Waals surface area contributed by atoms with Gasteiger partial charge in [-0.1, -0.05) is 13.8 Å². The van der Waals surface area contributed by atoms with E-state index in [4.69, 9.17) is 15.3 Å². The van der Waals surface area contributed by atoms with E-state index in [1.165, 1.54) is 0 Å². The second-order valence-electron chi connectivity index (χ2n) is 4.55. The van der Waals surface area contributed by atoms with Crippen LogP contribution in [0.4, 0.5) is 0 Å². The van der Waals surface area contributed by atoms with E-state index in [1.807, 2.05) is 13.8 Å². The Hall–Kier alpha value is -0.160. The van der Waals surface area contributed by atoms with E-state index < -0.39 is 5.41 Å². The molecule has 0 saturated heterocycles. The van der Waals surface area contributed by atoms with Gasteiger partial charge in [-0.3, -0.25) is 0 Å². The third-order valence-electron chi connectivity index (χ3n) is 2.83.